The summed E-state index contributed by atoms with van der Waals surface area (Å²) in [6, 6.07) is 0. The Morgan fingerprint density at radius 1 is 0.722 bits per heavy atom. The quantitative estimate of drug-likeness (QED) is 0.439. The summed E-state index contributed by atoms with van der Waals surface area (Å²) < 4.78 is 0. The summed E-state index contributed by atoms with van der Waals surface area (Å²) in [6.07, 6.45) is 14.3. The zero-order valence-electron chi connectivity index (χ0n) is 12.6. The van der Waals surface area contributed by atoms with Crippen molar-refractivity contribution in [2.75, 3.05) is 13.6 Å². The van der Waals surface area contributed by atoms with Gasteiger partial charge in [-0.1, -0.05) is 64.7 Å². The van der Waals surface area contributed by atoms with Crippen molar-refractivity contribution in [1.29, 1.82) is 0 Å². The Morgan fingerprint density at radius 2 is 1.06 bits per heavy atom. The van der Waals surface area contributed by atoms with Gasteiger partial charge in [0.05, 0.1) is 0 Å². The molecule has 0 aliphatic carbocycles. The monoisotopic (exact) mass is 281 g/mol. The van der Waals surface area contributed by atoms with Crippen molar-refractivity contribution in [3.05, 3.63) is 13.2 Å². The van der Waals surface area contributed by atoms with Crippen LogP contribution in [0, 0.1) is 0 Å². The molecule has 0 aromatic rings. The number of hydrogen-bond acceptors (Lipinski definition) is 1. The third kappa shape index (κ3) is 29.7. The molecule has 3 heteroatoms. The van der Waals surface area contributed by atoms with E-state index in [1.54, 1.807) is 0 Å². The molecule has 0 aliphatic rings. The van der Waals surface area contributed by atoms with Crippen LogP contribution in [0.1, 0.15) is 71.1 Å². The number of hydrogen-bond donors (Lipinski definition) is 1. The zero-order valence-corrected chi connectivity index (χ0v) is 13.4. The van der Waals surface area contributed by atoms with Crippen molar-refractivity contribution < 1.29 is 5.48 Å². The molecule has 0 rings (SSSR count). The molecule has 3 N–H and O–H groups in total. The first kappa shape index (κ1) is 26.5. The van der Waals surface area contributed by atoms with Gasteiger partial charge in [0.1, 0.15) is 0 Å². The van der Waals surface area contributed by atoms with Gasteiger partial charge in [-0.15, -0.1) is 25.6 Å². The van der Waals surface area contributed by atoms with Gasteiger partial charge in [-0.05, 0) is 20.0 Å². The topological polar surface area (TPSA) is 43.5 Å². The third-order valence-corrected chi connectivity index (χ3v) is 2.78. The number of nitrogens with one attached hydrogen (secondary N) is 1. The maximum atomic E-state index is 3.19. The molecule has 0 bridgehead atoms. The second kappa shape index (κ2) is 30.2. The van der Waals surface area contributed by atoms with Crippen LogP contribution in [0.25, 0.3) is 0 Å². The van der Waals surface area contributed by atoms with Gasteiger partial charge in [0.2, 0.25) is 0 Å². The molecule has 0 aromatic carbocycles. The van der Waals surface area contributed by atoms with E-state index in [9.17, 15) is 0 Å². The molecule has 0 aliphatic heterocycles. The lowest BCUT2D eigenvalue weighted by molar-refractivity contribution is 0.551. The first-order valence-electron chi connectivity index (χ1n) is 7.06. The minimum absolute atomic E-state index is 0. The highest BCUT2D eigenvalue weighted by atomic mass is 35.5. The fraction of sp³-hybridized carbons (Fsp3) is 0.867. The maximum Gasteiger partial charge on any atom is -0.00519 e. The smallest absolute Gasteiger partial charge is 0.00519 e. The predicted octanol–water partition coefficient (Wildman–Crippen LogP) is 4.53. The van der Waals surface area contributed by atoms with Crippen molar-refractivity contribution in [1.82, 2.24) is 5.32 Å². The number of halogens is 1. The molecule has 0 saturated heterocycles. The summed E-state index contributed by atoms with van der Waals surface area (Å²) in [6.45, 7) is 9.47. The van der Waals surface area contributed by atoms with Gasteiger partial charge >= 0.3 is 0 Å². The lowest BCUT2D eigenvalue weighted by Gasteiger charge is -2.01. The van der Waals surface area contributed by atoms with Crippen molar-refractivity contribution >= 4 is 12.4 Å². The van der Waals surface area contributed by atoms with E-state index in [1.165, 1.54) is 70.8 Å². The molecule has 0 heterocycles. The average molecular weight is 282 g/mol. The fourth-order valence-electron chi connectivity index (χ4n) is 1.79. The van der Waals surface area contributed by atoms with E-state index < -0.39 is 0 Å². The van der Waals surface area contributed by atoms with Gasteiger partial charge in [0, 0.05) is 0 Å². The minimum Gasteiger partial charge on any atom is -0.412 e. The lowest BCUT2D eigenvalue weighted by Crippen LogP contribution is -2.06. The summed E-state index contributed by atoms with van der Waals surface area (Å²) >= 11 is 0. The van der Waals surface area contributed by atoms with E-state index in [0.29, 0.717) is 0 Å². The van der Waals surface area contributed by atoms with Gasteiger partial charge in [-0.3, -0.25) is 0 Å². The Morgan fingerprint density at radius 3 is 1.39 bits per heavy atom. The molecular formula is C15H36ClNO. The van der Waals surface area contributed by atoms with Crippen LogP contribution in [0.4, 0.5) is 0 Å². The van der Waals surface area contributed by atoms with Crippen LogP contribution >= 0.6 is 12.4 Å². The molecule has 0 saturated carbocycles. The van der Waals surface area contributed by atoms with Crippen LogP contribution in [0.15, 0.2) is 13.2 Å². The van der Waals surface area contributed by atoms with Crippen molar-refractivity contribution in [2.45, 2.75) is 71.1 Å². The van der Waals surface area contributed by atoms with E-state index in [4.69, 9.17) is 0 Å². The molecule has 0 unspecified atom stereocenters. The Balaban J connectivity index is -0.000000232. The third-order valence-electron chi connectivity index (χ3n) is 2.78. The second-order valence-electron chi connectivity index (χ2n) is 4.29. The molecule has 0 aromatic heterocycles. The zero-order chi connectivity index (χ0) is 12.5. The lowest BCUT2D eigenvalue weighted by atomic mass is 10.1. The molecule has 0 atom stereocenters. The van der Waals surface area contributed by atoms with Crippen molar-refractivity contribution in [3.8, 4) is 0 Å². The van der Waals surface area contributed by atoms with Gasteiger partial charge < -0.3 is 10.8 Å². The summed E-state index contributed by atoms with van der Waals surface area (Å²) in [5.41, 5.74) is 0. The molecule has 0 spiro atoms. The standard InChI is InChI=1S/C13H29N.C2H4.ClH.H2O/c1-3-4-5-6-7-8-9-10-11-12-13-14-2;1-2;;/h14H,3-13H2,1-2H3;1-2H2;1H;1H2. The Labute approximate surface area is 121 Å². The van der Waals surface area contributed by atoms with Crippen LogP contribution in [0.3, 0.4) is 0 Å². The van der Waals surface area contributed by atoms with Crippen LogP contribution < -0.4 is 5.32 Å². The van der Waals surface area contributed by atoms with Crippen LogP contribution in [-0.2, 0) is 0 Å². The van der Waals surface area contributed by atoms with Crippen molar-refractivity contribution in [3.63, 3.8) is 0 Å². The van der Waals surface area contributed by atoms with E-state index in [-0.39, 0.29) is 17.9 Å². The largest absolute Gasteiger partial charge is 0.412 e. The van der Waals surface area contributed by atoms with Gasteiger partial charge in [0.25, 0.3) is 0 Å². The van der Waals surface area contributed by atoms with Gasteiger partial charge in [-0.25, -0.2) is 0 Å². The van der Waals surface area contributed by atoms with Gasteiger partial charge in [-0.2, -0.15) is 0 Å². The van der Waals surface area contributed by atoms with E-state index in [1.807, 2.05) is 7.05 Å². The van der Waals surface area contributed by atoms with Gasteiger partial charge in [0.15, 0.2) is 0 Å². The molecule has 0 radical (unpaired) electrons. The molecular weight excluding hydrogens is 246 g/mol. The summed E-state index contributed by atoms with van der Waals surface area (Å²) in [7, 11) is 2.04. The maximum absolute atomic E-state index is 3.19. The Kier molecular flexibility index (Phi) is 44.5. The molecule has 114 valence electrons. The molecule has 2 nitrogen and oxygen atoms in total. The van der Waals surface area contributed by atoms with E-state index >= 15 is 0 Å². The molecule has 0 fully saturated rings. The van der Waals surface area contributed by atoms with E-state index in [2.05, 4.69) is 25.4 Å². The molecule has 18 heavy (non-hydrogen) atoms. The highest BCUT2D eigenvalue weighted by Crippen LogP contribution is 2.09. The van der Waals surface area contributed by atoms with Crippen molar-refractivity contribution in [2.24, 2.45) is 0 Å². The summed E-state index contributed by atoms with van der Waals surface area (Å²) in [5, 5.41) is 3.19. The summed E-state index contributed by atoms with van der Waals surface area (Å²) in [5.74, 6) is 0. The highest BCUT2D eigenvalue weighted by molar-refractivity contribution is 5.85. The minimum atomic E-state index is 0. The number of unbranched alkanes of at least 4 members (excludes halogenated alkanes) is 9. The summed E-state index contributed by atoms with van der Waals surface area (Å²) in [4.78, 5) is 0. The number of rotatable bonds is 11. The highest BCUT2D eigenvalue weighted by Gasteiger charge is 1.91. The average Bonchev–Trinajstić information content (AvgIpc) is 2.34. The predicted molar refractivity (Wildman–Crippen MR) is 87.9 cm³/mol. The fourth-order valence-corrected chi connectivity index (χ4v) is 1.79. The van der Waals surface area contributed by atoms with Crippen LogP contribution in [0.5, 0.6) is 0 Å². The molecule has 0 amide bonds. The Bertz CT molecular complexity index is 101. The van der Waals surface area contributed by atoms with Crippen LogP contribution in [-0.4, -0.2) is 19.1 Å². The normalized spacial score (nSPS) is 8.56. The Hall–Kier alpha value is -0.0500. The van der Waals surface area contributed by atoms with Crippen LogP contribution in [0.2, 0.25) is 0 Å². The first-order valence-corrected chi connectivity index (χ1v) is 7.06. The second-order valence-corrected chi connectivity index (χ2v) is 4.29. The SMILES string of the molecule is C=C.CCCCCCCCCCCCNC.Cl.O. The van der Waals surface area contributed by atoms with E-state index in [0.717, 1.165) is 0 Å². The first-order chi connectivity index (χ1) is 7.91.